The molecule has 3 rings (SSSR count). The minimum Gasteiger partial charge on any atom is -0.345 e. The molecule has 0 radical (unpaired) electrons. The summed E-state index contributed by atoms with van der Waals surface area (Å²) in [6.45, 7) is 6.75. The standard InChI is InChI=1S/C15H25N3S/c1-10(2)18(9-11-4-5-11)15-17-14(12-6-7-12)13(19-15)8-16-3/h10-12,16H,4-9H2,1-3H3. The normalized spacial score (nSPS) is 19.2. The maximum atomic E-state index is 5.00. The summed E-state index contributed by atoms with van der Waals surface area (Å²) < 4.78 is 0. The zero-order valence-corrected chi connectivity index (χ0v) is 13.1. The van der Waals surface area contributed by atoms with Crippen LogP contribution < -0.4 is 10.2 Å². The van der Waals surface area contributed by atoms with E-state index in [9.17, 15) is 0 Å². The Bertz CT molecular complexity index is 433. The molecule has 0 saturated heterocycles. The molecule has 2 saturated carbocycles. The number of rotatable bonds is 7. The van der Waals surface area contributed by atoms with Crippen LogP contribution in [0.15, 0.2) is 0 Å². The number of aromatic nitrogens is 1. The van der Waals surface area contributed by atoms with E-state index < -0.39 is 0 Å². The van der Waals surface area contributed by atoms with Crippen molar-refractivity contribution in [2.24, 2.45) is 5.92 Å². The van der Waals surface area contributed by atoms with Gasteiger partial charge in [0.1, 0.15) is 0 Å². The number of thiazole rings is 1. The Kier molecular flexibility index (Phi) is 3.81. The van der Waals surface area contributed by atoms with Gasteiger partial charge in [-0.05, 0) is 52.5 Å². The highest BCUT2D eigenvalue weighted by Gasteiger charge is 2.32. The lowest BCUT2D eigenvalue weighted by Crippen LogP contribution is -2.32. The van der Waals surface area contributed by atoms with E-state index in [0.717, 1.165) is 18.4 Å². The fourth-order valence-corrected chi connectivity index (χ4v) is 3.83. The van der Waals surface area contributed by atoms with Crippen molar-refractivity contribution in [2.45, 2.75) is 58.0 Å². The third-order valence-electron chi connectivity index (χ3n) is 4.04. The van der Waals surface area contributed by atoms with Crippen molar-refractivity contribution in [1.29, 1.82) is 0 Å². The van der Waals surface area contributed by atoms with E-state index in [0.29, 0.717) is 6.04 Å². The quantitative estimate of drug-likeness (QED) is 0.829. The van der Waals surface area contributed by atoms with Crippen molar-refractivity contribution in [1.82, 2.24) is 10.3 Å². The van der Waals surface area contributed by atoms with Gasteiger partial charge >= 0.3 is 0 Å². The first-order valence-corrected chi connectivity index (χ1v) is 8.41. The van der Waals surface area contributed by atoms with Crippen LogP contribution in [0.4, 0.5) is 5.13 Å². The van der Waals surface area contributed by atoms with Gasteiger partial charge in [-0.25, -0.2) is 4.98 Å². The molecule has 0 bridgehead atoms. The van der Waals surface area contributed by atoms with Crippen LogP contribution in [0.1, 0.15) is 56.0 Å². The molecule has 19 heavy (non-hydrogen) atoms. The van der Waals surface area contributed by atoms with Crippen molar-refractivity contribution in [3.8, 4) is 0 Å². The SMILES string of the molecule is CNCc1sc(N(CC2CC2)C(C)C)nc1C1CC1. The Balaban J connectivity index is 1.82. The fourth-order valence-electron chi connectivity index (χ4n) is 2.52. The van der Waals surface area contributed by atoms with Gasteiger partial charge in [-0.1, -0.05) is 0 Å². The first-order valence-electron chi connectivity index (χ1n) is 7.60. The van der Waals surface area contributed by atoms with Gasteiger partial charge in [-0.15, -0.1) is 11.3 Å². The van der Waals surface area contributed by atoms with Crippen LogP contribution in [0.2, 0.25) is 0 Å². The molecule has 2 fully saturated rings. The number of anilines is 1. The van der Waals surface area contributed by atoms with E-state index in [4.69, 9.17) is 4.98 Å². The predicted octanol–water partition coefficient (Wildman–Crippen LogP) is 3.36. The van der Waals surface area contributed by atoms with Crippen LogP contribution >= 0.6 is 11.3 Å². The number of nitrogens with zero attached hydrogens (tertiary/aromatic N) is 2. The molecule has 106 valence electrons. The zero-order chi connectivity index (χ0) is 13.4. The summed E-state index contributed by atoms with van der Waals surface area (Å²) in [7, 11) is 2.03. The largest absolute Gasteiger partial charge is 0.345 e. The minimum absolute atomic E-state index is 0.557. The van der Waals surface area contributed by atoms with Crippen LogP contribution in [-0.4, -0.2) is 24.6 Å². The summed E-state index contributed by atoms with van der Waals surface area (Å²) in [6, 6.07) is 0.557. The Morgan fingerprint density at radius 2 is 2.05 bits per heavy atom. The van der Waals surface area contributed by atoms with Gasteiger partial charge in [0, 0.05) is 29.9 Å². The maximum Gasteiger partial charge on any atom is 0.186 e. The predicted molar refractivity (Wildman–Crippen MR) is 82.1 cm³/mol. The Hall–Kier alpha value is -0.610. The van der Waals surface area contributed by atoms with E-state index in [-0.39, 0.29) is 0 Å². The van der Waals surface area contributed by atoms with Gasteiger partial charge in [0.05, 0.1) is 5.69 Å². The van der Waals surface area contributed by atoms with Crippen molar-refractivity contribution in [3.63, 3.8) is 0 Å². The average Bonchev–Trinajstić information content (AvgIpc) is 3.27. The highest BCUT2D eigenvalue weighted by Crippen LogP contribution is 2.44. The van der Waals surface area contributed by atoms with Crippen molar-refractivity contribution in [2.75, 3.05) is 18.5 Å². The molecule has 0 amide bonds. The van der Waals surface area contributed by atoms with E-state index >= 15 is 0 Å². The summed E-state index contributed by atoms with van der Waals surface area (Å²) in [5, 5.41) is 4.55. The number of nitrogens with one attached hydrogen (secondary N) is 1. The Morgan fingerprint density at radius 1 is 1.32 bits per heavy atom. The lowest BCUT2D eigenvalue weighted by Gasteiger charge is -2.26. The first kappa shape index (κ1) is 13.4. The second kappa shape index (κ2) is 5.41. The van der Waals surface area contributed by atoms with Crippen LogP contribution in [-0.2, 0) is 6.54 Å². The van der Waals surface area contributed by atoms with Crippen LogP contribution in [0.5, 0.6) is 0 Å². The summed E-state index contributed by atoms with van der Waals surface area (Å²) in [5.41, 5.74) is 1.38. The fraction of sp³-hybridized carbons (Fsp3) is 0.800. The van der Waals surface area contributed by atoms with E-state index in [1.165, 1.54) is 47.9 Å². The summed E-state index contributed by atoms with van der Waals surface area (Å²) >= 11 is 1.91. The maximum absolute atomic E-state index is 5.00. The Labute approximate surface area is 120 Å². The smallest absolute Gasteiger partial charge is 0.186 e. The molecular formula is C15H25N3S. The molecule has 1 aromatic heterocycles. The third-order valence-corrected chi connectivity index (χ3v) is 5.15. The topological polar surface area (TPSA) is 28.2 Å². The molecule has 0 atom stereocenters. The Morgan fingerprint density at radius 3 is 2.58 bits per heavy atom. The second-order valence-corrected chi connectivity index (χ2v) is 7.36. The van der Waals surface area contributed by atoms with Crippen LogP contribution in [0.3, 0.4) is 0 Å². The van der Waals surface area contributed by atoms with Crippen LogP contribution in [0, 0.1) is 5.92 Å². The van der Waals surface area contributed by atoms with Gasteiger partial charge < -0.3 is 10.2 Å². The summed E-state index contributed by atoms with van der Waals surface area (Å²) in [4.78, 5) is 8.98. The van der Waals surface area contributed by atoms with E-state index in [2.05, 4.69) is 24.1 Å². The number of hydrogen-bond acceptors (Lipinski definition) is 4. The van der Waals surface area contributed by atoms with Gasteiger partial charge in [0.25, 0.3) is 0 Å². The lowest BCUT2D eigenvalue weighted by molar-refractivity contribution is 0.641. The molecule has 2 aliphatic rings. The van der Waals surface area contributed by atoms with E-state index in [1.54, 1.807) is 0 Å². The van der Waals surface area contributed by atoms with E-state index in [1.807, 2.05) is 18.4 Å². The van der Waals surface area contributed by atoms with Gasteiger partial charge in [0.2, 0.25) is 0 Å². The molecule has 0 unspecified atom stereocenters. The monoisotopic (exact) mass is 279 g/mol. The molecule has 3 nitrogen and oxygen atoms in total. The summed E-state index contributed by atoms with van der Waals surface area (Å²) in [5.74, 6) is 1.67. The lowest BCUT2D eigenvalue weighted by atomic mass is 10.2. The molecular weight excluding hydrogens is 254 g/mol. The molecule has 1 N–H and O–H groups in total. The molecule has 1 aromatic rings. The van der Waals surface area contributed by atoms with Crippen LogP contribution in [0.25, 0.3) is 0 Å². The number of hydrogen-bond donors (Lipinski definition) is 1. The highest BCUT2D eigenvalue weighted by molar-refractivity contribution is 7.15. The van der Waals surface area contributed by atoms with Crippen molar-refractivity contribution in [3.05, 3.63) is 10.6 Å². The first-order chi connectivity index (χ1) is 9.19. The van der Waals surface area contributed by atoms with Gasteiger partial charge in [-0.3, -0.25) is 0 Å². The summed E-state index contributed by atoms with van der Waals surface area (Å²) in [6.07, 6.45) is 5.50. The molecule has 2 aliphatic carbocycles. The second-order valence-electron chi connectivity index (χ2n) is 6.30. The van der Waals surface area contributed by atoms with Gasteiger partial charge in [0.15, 0.2) is 5.13 Å². The average molecular weight is 279 g/mol. The van der Waals surface area contributed by atoms with Gasteiger partial charge in [-0.2, -0.15) is 0 Å². The zero-order valence-electron chi connectivity index (χ0n) is 12.3. The minimum atomic E-state index is 0.557. The molecule has 0 spiro atoms. The molecule has 0 aliphatic heterocycles. The third kappa shape index (κ3) is 3.11. The molecule has 1 heterocycles. The van der Waals surface area contributed by atoms with Crippen molar-refractivity contribution < 1.29 is 0 Å². The molecule has 4 heteroatoms. The highest BCUT2D eigenvalue weighted by atomic mass is 32.1. The molecule has 0 aromatic carbocycles. The van der Waals surface area contributed by atoms with Crippen molar-refractivity contribution >= 4 is 16.5 Å².